The molecule has 0 fully saturated rings. The highest BCUT2D eigenvalue weighted by Crippen LogP contribution is 2.31. The molecule has 0 unspecified atom stereocenters. The summed E-state index contributed by atoms with van der Waals surface area (Å²) in [5.41, 5.74) is 4.56. The maximum Gasteiger partial charge on any atom is 0.124 e. The molecule has 3 aromatic rings. The molecule has 1 aromatic heterocycles. The molecule has 0 aliphatic heterocycles. The Balaban J connectivity index is 1.59. The van der Waals surface area contributed by atoms with Crippen LogP contribution in [0, 0.1) is 6.92 Å². The number of hydrogen-bond acceptors (Lipinski definition) is 5. The number of aliphatic hydroxyl groups is 1. The van der Waals surface area contributed by atoms with E-state index in [1.165, 1.54) is 10.3 Å². The van der Waals surface area contributed by atoms with E-state index < -0.39 is 0 Å². The van der Waals surface area contributed by atoms with Crippen LogP contribution in [0.1, 0.15) is 12.0 Å². The van der Waals surface area contributed by atoms with E-state index in [4.69, 9.17) is 14.8 Å². The van der Waals surface area contributed by atoms with Crippen molar-refractivity contribution in [3.8, 4) is 10.6 Å². The van der Waals surface area contributed by atoms with Crippen LogP contribution < -0.4 is 5.32 Å². The van der Waals surface area contributed by atoms with Crippen LogP contribution in [-0.4, -0.2) is 36.5 Å². The lowest BCUT2D eigenvalue weighted by Gasteiger charge is -2.07. The minimum atomic E-state index is 0.0836. The number of thiazole rings is 1. The number of aromatic nitrogens is 1. The quantitative estimate of drug-likeness (QED) is 0.606. The number of nitrogens with zero attached hydrogens (tertiary/aromatic N) is 1. The zero-order valence-electron chi connectivity index (χ0n) is 13.8. The number of anilines is 1. The van der Waals surface area contributed by atoms with E-state index in [-0.39, 0.29) is 6.61 Å². The van der Waals surface area contributed by atoms with Crippen molar-refractivity contribution in [1.82, 2.24) is 4.98 Å². The first-order valence-corrected chi connectivity index (χ1v) is 8.98. The number of ether oxygens (including phenoxy) is 1. The molecule has 0 saturated heterocycles. The maximum atomic E-state index is 8.64. The summed E-state index contributed by atoms with van der Waals surface area (Å²) in [5.74, 6) is 0. The van der Waals surface area contributed by atoms with E-state index in [1.54, 1.807) is 11.3 Å². The van der Waals surface area contributed by atoms with E-state index in [0.717, 1.165) is 34.7 Å². The van der Waals surface area contributed by atoms with Crippen LogP contribution in [-0.2, 0) is 4.74 Å². The molecular weight excluding hydrogens is 320 g/mol. The van der Waals surface area contributed by atoms with E-state index in [0.29, 0.717) is 13.2 Å². The summed E-state index contributed by atoms with van der Waals surface area (Å²) in [4.78, 5) is 4.72. The molecule has 0 aliphatic rings. The van der Waals surface area contributed by atoms with Crippen molar-refractivity contribution in [2.24, 2.45) is 0 Å². The Bertz CT molecular complexity index is 784. The Morgan fingerprint density at radius 2 is 1.96 bits per heavy atom. The molecule has 4 nitrogen and oxygen atoms in total. The lowest BCUT2D eigenvalue weighted by atomic mass is 10.2. The molecule has 0 amide bonds. The summed E-state index contributed by atoms with van der Waals surface area (Å²) >= 11 is 1.73. The van der Waals surface area contributed by atoms with Crippen molar-refractivity contribution < 1.29 is 9.84 Å². The molecule has 2 aromatic carbocycles. The van der Waals surface area contributed by atoms with Crippen molar-refractivity contribution in [3.05, 3.63) is 48.0 Å². The van der Waals surface area contributed by atoms with E-state index in [1.807, 2.05) is 0 Å². The molecule has 0 spiro atoms. The van der Waals surface area contributed by atoms with Crippen molar-refractivity contribution in [2.75, 3.05) is 31.7 Å². The van der Waals surface area contributed by atoms with Crippen LogP contribution in [0.2, 0.25) is 0 Å². The van der Waals surface area contributed by atoms with Gasteiger partial charge in [0.1, 0.15) is 5.01 Å². The van der Waals surface area contributed by atoms with Gasteiger partial charge in [-0.15, -0.1) is 11.3 Å². The Morgan fingerprint density at radius 1 is 1.12 bits per heavy atom. The highest BCUT2D eigenvalue weighted by Gasteiger charge is 2.06. The van der Waals surface area contributed by atoms with Crippen LogP contribution >= 0.6 is 11.3 Å². The Hall–Kier alpha value is -1.95. The largest absolute Gasteiger partial charge is 0.394 e. The summed E-state index contributed by atoms with van der Waals surface area (Å²) < 4.78 is 6.47. The number of nitrogens with one attached hydrogen (secondary N) is 1. The van der Waals surface area contributed by atoms with Crippen molar-refractivity contribution in [2.45, 2.75) is 13.3 Å². The van der Waals surface area contributed by atoms with Crippen LogP contribution in [0.4, 0.5) is 5.69 Å². The van der Waals surface area contributed by atoms with Gasteiger partial charge >= 0.3 is 0 Å². The maximum absolute atomic E-state index is 8.64. The van der Waals surface area contributed by atoms with E-state index in [2.05, 4.69) is 54.7 Å². The van der Waals surface area contributed by atoms with Crippen molar-refractivity contribution in [1.29, 1.82) is 0 Å². The number of aryl methyl sites for hydroxylation is 1. The minimum Gasteiger partial charge on any atom is -0.394 e. The van der Waals surface area contributed by atoms with E-state index in [9.17, 15) is 0 Å². The smallest absolute Gasteiger partial charge is 0.124 e. The van der Waals surface area contributed by atoms with Gasteiger partial charge < -0.3 is 15.2 Å². The highest BCUT2D eigenvalue weighted by atomic mass is 32.1. The predicted molar refractivity (Wildman–Crippen MR) is 101 cm³/mol. The molecule has 3 rings (SSSR count). The van der Waals surface area contributed by atoms with Gasteiger partial charge in [0.2, 0.25) is 0 Å². The lowest BCUT2D eigenvalue weighted by Crippen LogP contribution is -2.07. The second-order valence-corrected chi connectivity index (χ2v) is 6.71. The average molecular weight is 342 g/mol. The predicted octanol–water partition coefficient (Wildman–Crippen LogP) is 4.08. The van der Waals surface area contributed by atoms with Gasteiger partial charge in [-0.3, -0.25) is 0 Å². The SMILES string of the molecule is Cc1ccc2nc(-c3ccc(NCCCOCCO)cc3)sc2c1. The van der Waals surface area contributed by atoms with Gasteiger partial charge in [0.15, 0.2) is 0 Å². The number of hydrogen-bond donors (Lipinski definition) is 2. The van der Waals surface area contributed by atoms with E-state index >= 15 is 0 Å². The fourth-order valence-electron chi connectivity index (χ4n) is 2.46. The van der Waals surface area contributed by atoms with Crippen LogP contribution in [0.15, 0.2) is 42.5 Å². The minimum absolute atomic E-state index is 0.0836. The number of rotatable bonds is 8. The Labute approximate surface area is 146 Å². The summed E-state index contributed by atoms with van der Waals surface area (Å²) in [6.45, 7) is 4.12. The first-order chi connectivity index (χ1) is 11.8. The van der Waals surface area contributed by atoms with Crippen LogP contribution in [0.3, 0.4) is 0 Å². The third-order valence-corrected chi connectivity index (χ3v) is 4.77. The summed E-state index contributed by atoms with van der Waals surface area (Å²) in [7, 11) is 0. The summed E-state index contributed by atoms with van der Waals surface area (Å²) in [5, 5.41) is 13.1. The third-order valence-electron chi connectivity index (χ3n) is 3.71. The monoisotopic (exact) mass is 342 g/mol. The second-order valence-electron chi connectivity index (χ2n) is 5.68. The zero-order valence-corrected chi connectivity index (χ0v) is 14.6. The highest BCUT2D eigenvalue weighted by molar-refractivity contribution is 7.21. The van der Waals surface area contributed by atoms with Gasteiger partial charge in [-0.25, -0.2) is 4.98 Å². The molecule has 0 bridgehead atoms. The Kier molecular flexibility index (Phi) is 5.80. The second kappa shape index (κ2) is 8.24. The Morgan fingerprint density at radius 3 is 2.75 bits per heavy atom. The number of aliphatic hydroxyl groups excluding tert-OH is 1. The molecule has 24 heavy (non-hydrogen) atoms. The number of benzene rings is 2. The molecule has 0 aliphatic carbocycles. The van der Waals surface area contributed by atoms with Gasteiger partial charge in [0.25, 0.3) is 0 Å². The molecule has 0 radical (unpaired) electrons. The molecule has 1 heterocycles. The van der Waals surface area contributed by atoms with Crippen molar-refractivity contribution >= 4 is 27.2 Å². The summed E-state index contributed by atoms with van der Waals surface area (Å²) in [6, 6.07) is 14.8. The molecule has 0 atom stereocenters. The number of fused-ring (bicyclic) bond motifs is 1. The van der Waals surface area contributed by atoms with Crippen molar-refractivity contribution in [3.63, 3.8) is 0 Å². The van der Waals surface area contributed by atoms with Crippen LogP contribution in [0.5, 0.6) is 0 Å². The molecule has 126 valence electrons. The van der Waals surface area contributed by atoms with Gasteiger partial charge in [0, 0.05) is 24.4 Å². The first-order valence-electron chi connectivity index (χ1n) is 8.16. The summed E-state index contributed by atoms with van der Waals surface area (Å²) in [6.07, 6.45) is 0.916. The topological polar surface area (TPSA) is 54.4 Å². The first kappa shape index (κ1) is 16.9. The average Bonchev–Trinajstić information content (AvgIpc) is 3.01. The zero-order chi connectivity index (χ0) is 16.8. The molecule has 5 heteroatoms. The van der Waals surface area contributed by atoms with Gasteiger partial charge in [-0.1, -0.05) is 6.07 Å². The van der Waals surface area contributed by atoms with Crippen LogP contribution in [0.25, 0.3) is 20.8 Å². The van der Waals surface area contributed by atoms with Gasteiger partial charge in [0.05, 0.1) is 23.4 Å². The standard InChI is InChI=1S/C19H22N2O2S/c1-14-3-8-17-18(13-14)24-19(21-17)15-4-6-16(7-5-15)20-9-2-11-23-12-10-22/h3-8,13,20,22H,2,9-12H2,1H3. The molecular formula is C19H22N2O2S. The normalized spacial score (nSPS) is 11.1. The van der Waals surface area contributed by atoms with Gasteiger partial charge in [-0.05, 0) is 55.3 Å². The van der Waals surface area contributed by atoms with Gasteiger partial charge in [-0.2, -0.15) is 0 Å². The third kappa shape index (κ3) is 4.32. The molecule has 2 N–H and O–H groups in total. The molecule has 0 saturated carbocycles. The lowest BCUT2D eigenvalue weighted by molar-refractivity contribution is 0.0922. The fraction of sp³-hybridized carbons (Fsp3) is 0.316. The fourth-order valence-corrected chi connectivity index (χ4v) is 3.53.